The summed E-state index contributed by atoms with van der Waals surface area (Å²) in [4.78, 5) is 53.3. The molecule has 2 aliphatic heterocycles. The lowest BCUT2D eigenvalue weighted by Gasteiger charge is -2.49. The number of anilines is 1. The molecule has 9 nitrogen and oxygen atoms in total. The van der Waals surface area contributed by atoms with E-state index in [9.17, 15) is 24.5 Å². The molecule has 0 saturated carbocycles. The maximum atomic E-state index is 13.5. The van der Waals surface area contributed by atoms with Gasteiger partial charge in [-0.05, 0) is 55.3 Å². The molecule has 36 heavy (non-hydrogen) atoms. The highest BCUT2D eigenvalue weighted by molar-refractivity contribution is 6.32. The Morgan fingerprint density at radius 1 is 0.972 bits per heavy atom. The van der Waals surface area contributed by atoms with E-state index in [1.165, 1.54) is 23.1 Å². The molecule has 5 rings (SSSR count). The van der Waals surface area contributed by atoms with Crippen LogP contribution in [-0.2, 0) is 4.79 Å². The number of amides is 3. The van der Waals surface area contributed by atoms with E-state index in [1.54, 1.807) is 42.5 Å². The van der Waals surface area contributed by atoms with Gasteiger partial charge in [0.25, 0.3) is 23.4 Å². The number of nitro groups is 1. The summed E-state index contributed by atoms with van der Waals surface area (Å²) < 4.78 is 5.51. The summed E-state index contributed by atoms with van der Waals surface area (Å²) in [6.07, 6.45) is 0. The molecular formula is C26H20ClN3O6. The maximum Gasteiger partial charge on any atom is 0.282 e. The number of aryl methyl sites for hydroxylation is 1. The molecule has 0 aliphatic carbocycles. The molecule has 0 N–H and O–H groups in total. The van der Waals surface area contributed by atoms with Gasteiger partial charge >= 0.3 is 0 Å². The Morgan fingerprint density at radius 3 is 2.33 bits per heavy atom. The number of fused-ring (bicyclic) bond motifs is 1. The number of nitrogens with zero attached hydrogens (tertiary/aromatic N) is 3. The molecular weight excluding hydrogens is 486 g/mol. The van der Waals surface area contributed by atoms with E-state index in [4.69, 9.17) is 16.3 Å². The predicted molar refractivity (Wildman–Crippen MR) is 131 cm³/mol. The highest BCUT2D eigenvalue weighted by Crippen LogP contribution is 2.46. The topological polar surface area (TPSA) is 110 Å². The molecule has 0 bridgehead atoms. The number of β-lactam (4-membered cyclic amide) rings is 1. The van der Waals surface area contributed by atoms with Crippen molar-refractivity contribution in [2.75, 3.05) is 11.5 Å². The van der Waals surface area contributed by atoms with Crippen LogP contribution in [0.3, 0.4) is 0 Å². The summed E-state index contributed by atoms with van der Waals surface area (Å²) >= 11 is 6.32. The van der Waals surface area contributed by atoms with E-state index < -0.39 is 40.4 Å². The first-order valence-electron chi connectivity index (χ1n) is 11.2. The van der Waals surface area contributed by atoms with Crippen molar-refractivity contribution in [3.8, 4) is 5.75 Å². The Kier molecular flexibility index (Phi) is 5.72. The minimum atomic E-state index is -1.19. The van der Waals surface area contributed by atoms with E-state index in [-0.39, 0.29) is 11.1 Å². The molecule has 3 aromatic carbocycles. The van der Waals surface area contributed by atoms with Gasteiger partial charge in [-0.3, -0.25) is 29.4 Å². The average molecular weight is 506 g/mol. The van der Waals surface area contributed by atoms with E-state index in [0.717, 1.165) is 10.5 Å². The Bertz CT molecular complexity index is 1440. The van der Waals surface area contributed by atoms with Crippen LogP contribution >= 0.6 is 11.6 Å². The summed E-state index contributed by atoms with van der Waals surface area (Å²) in [5.74, 6) is -1.47. The van der Waals surface area contributed by atoms with Crippen molar-refractivity contribution >= 4 is 40.7 Å². The Balaban J connectivity index is 1.59. The molecule has 0 spiro atoms. The number of halogens is 1. The summed E-state index contributed by atoms with van der Waals surface area (Å²) in [7, 11) is 0. The second kappa shape index (κ2) is 8.76. The fraction of sp³-hybridized carbons (Fsp3) is 0.192. The SMILES string of the molecule is CCOc1ccc([C@H]2[C@H](N3C(=O)c4cccc([N+](=O)[O-])c4C3=O)C(=O)N2c2ccc(C)c(Cl)c2)cc1. The molecule has 2 aliphatic rings. The second-order valence-electron chi connectivity index (χ2n) is 8.47. The van der Waals surface area contributed by atoms with Crippen molar-refractivity contribution in [1.29, 1.82) is 0 Å². The summed E-state index contributed by atoms with van der Waals surface area (Å²) in [5.41, 5.74) is 1.13. The number of carbonyl (C=O) groups is 3. The molecule has 0 unspecified atom stereocenters. The van der Waals surface area contributed by atoms with Crippen molar-refractivity contribution in [3.63, 3.8) is 0 Å². The number of imide groups is 1. The molecule has 3 amide bonds. The normalized spacial score (nSPS) is 18.8. The minimum absolute atomic E-state index is 0.0933. The summed E-state index contributed by atoms with van der Waals surface area (Å²) in [6.45, 7) is 4.17. The molecule has 3 aromatic rings. The zero-order valence-corrected chi connectivity index (χ0v) is 20.1. The van der Waals surface area contributed by atoms with Crippen LogP contribution in [0.1, 0.15) is 44.8 Å². The van der Waals surface area contributed by atoms with Crippen LogP contribution in [0.2, 0.25) is 5.02 Å². The van der Waals surface area contributed by atoms with Crippen LogP contribution in [0.15, 0.2) is 60.7 Å². The van der Waals surface area contributed by atoms with Crippen LogP contribution in [-0.4, -0.2) is 40.2 Å². The molecule has 10 heteroatoms. The van der Waals surface area contributed by atoms with E-state index in [1.807, 2.05) is 13.8 Å². The predicted octanol–water partition coefficient (Wildman–Crippen LogP) is 4.71. The van der Waals surface area contributed by atoms with E-state index in [0.29, 0.717) is 28.6 Å². The maximum absolute atomic E-state index is 13.5. The van der Waals surface area contributed by atoms with Gasteiger partial charge in [-0.25, -0.2) is 0 Å². The van der Waals surface area contributed by atoms with Crippen LogP contribution in [0.25, 0.3) is 0 Å². The van der Waals surface area contributed by atoms with Gasteiger partial charge in [-0.15, -0.1) is 0 Å². The van der Waals surface area contributed by atoms with Crippen molar-refractivity contribution in [2.24, 2.45) is 0 Å². The fourth-order valence-corrected chi connectivity index (χ4v) is 4.87. The minimum Gasteiger partial charge on any atom is -0.494 e. The van der Waals surface area contributed by atoms with Crippen LogP contribution in [0, 0.1) is 17.0 Å². The van der Waals surface area contributed by atoms with Crippen molar-refractivity contribution < 1.29 is 24.0 Å². The lowest BCUT2D eigenvalue weighted by atomic mass is 9.86. The molecule has 1 fully saturated rings. The zero-order valence-electron chi connectivity index (χ0n) is 19.3. The lowest BCUT2D eigenvalue weighted by molar-refractivity contribution is -0.385. The number of benzene rings is 3. The van der Waals surface area contributed by atoms with Crippen molar-refractivity contribution in [3.05, 3.63) is 98.1 Å². The molecule has 2 atom stereocenters. The zero-order chi connectivity index (χ0) is 25.7. The van der Waals surface area contributed by atoms with Crippen LogP contribution in [0.4, 0.5) is 11.4 Å². The number of ether oxygens (including phenoxy) is 1. The van der Waals surface area contributed by atoms with Gasteiger partial charge in [0.2, 0.25) is 0 Å². The summed E-state index contributed by atoms with van der Waals surface area (Å²) in [6, 6.07) is 14.1. The van der Waals surface area contributed by atoms with Crippen LogP contribution in [0.5, 0.6) is 5.75 Å². The largest absolute Gasteiger partial charge is 0.494 e. The number of carbonyl (C=O) groups excluding carboxylic acids is 3. The molecule has 1 saturated heterocycles. The van der Waals surface area contributed by atoms with Gasteiger partial charge in [0.1, 0.15) is 17.4 Å². The van der Waals surface area contributed by atoms with Gasteiger partial charge in [0, 0.05) is 16.8 Å². The smallest absolute Gasteiger partial charge is 0.282 e. The first-order valence-corrected chi connectivity index (χ1v) is 11.6. The fourth-order valence-electron chi connectivity index (χ4n) is 4.69. The van der Waals surface area contributed by atoms with Gasteiger partial charge in [-0.1, -0.05) is 35.9 Å². The third kappa shape index (κ3) is 3.51. The first-order chi connectivity index (χ1) is 17.2. The van der Waals surface area contributed by atoms with Crippen molar-refractivity contribution in [1.82, 2.24) is 4.90 Å². The number of hydrogen-bond acceptors (Lipinski definition) is 6. The Morgan fingerprint density at radius 2 is 1.69 bits per heavy atom. The monoisotopic (exact) mass is 505 g/mol. The summed E-state index contributed by atoms with van der Waals surface area (Å²) in [5, 5.41) is 12.0. The molecule has 0 radical (unpaired) electrons. The molecule has 2 heterocycles. The standard InChI is InChI=1S/C26H20ClN3O6/c1-3-36-17-11-8-15(9-12-17)22-23(26(33)28(22)16-10-7-14(2)19(27)13-16)29-24(31)18-5-4-6-20(30(34)35)21(18)25(29)32/h4-13,22-23H,3H2,1-2H3/t22-,23-/m0/s1. The Hall–Kier alpha value is -4.24. The highest BCUT2D eigenvalue weighted by Gasteiger charge is 2.58. The first kappa shape index (κ1) is 23.5. The highest BCUT2D eigenvalue weighted by atomic mass is 35.5. The van der Waals surface area contributed by atoms with Gasteiger partial charge in [0.15, 0.2) is 0 Å². The Labute approximate surface area is 211 Å². The van der Waals surface area contributed by atoms with Gasteiger partial charge in [0.05, 0.1) is 23.1 Å². The van der Waals surface area contributed by atoms with E-state index >= 15 is 0 Å². The third-order valence-corrected chi connectivity index (χ3v) is 6.84. The quantitative estimate of drug-likeness (QED) is 0.208. The molecule has 0 aromatic heterocycles. The number of hydrogen-bond donors (Lipinski definition) is 0. The number of nitro benzene ring substituents is 1. The van der Waals surface area contributed by atoms with E-state index in [2.05, 4.69) is 0 Å². The van der Waals surface area contributed by atoms with Gasteiger partial charge < -0.3 is 9.64 Å². The second-order valence-corrected chi connectivity index (χ2v) is 8.88. The average Bonchev–Trinajstić information content (AvgIpc) is 3.10. The van der Waals surface area contributed by atoms with Gasteiger partial charge in [-0.2, -0.15) is 0 Å². The van der Waals surface area contributed by atoms with Crippen molar-refractivity contribution in [2.45, 2.75) is 25.9 Å². The lowest BCUT2D eigenvalue weighted by Crippen LogP contribution is -2.67. The van der Waals surface area contributed by atoms with Crippen LogP contribution < -0.4 is 9.64 Å². The molecule has 182 valence electrons. The third-order valence-electron chi connectivity index (χ3n) is 6.43. The number of rotatable bonds is 6.